The number of rotatable bonds is 0. The van der Waals surface area contributed by atoms with E-state index in [0.717, 1.165) is 40.0 Å². The molecule has 6 nitrogen and oxygen atoms in total. The summed E-state index contributed by atoms with van der Waals surface area (Å²) in [5, 5.41) is 0. The first-order valence-electron chi connectivity index (χ1n) is 9.64. The molecular formula is C19H39ClN6. The van der Waals surface area contributed by atoms with Crippen LogP contribution in [-0.4, -0.2) is 91.7 Å². The van der Waals surface area contributed by atoms with Gasteiger partial charge in [0.05, 0.1) is 0 Å². The van der Waals surface area contributed by atoms with Gasteiger partial charge >= 0.3 is 5.96 Å². The maximum atomic E-state index is 2.59. The van der Waals surface area contributed by atoms with E-state index in [1.807, 2.05) is 0 Å². The third-order valence-corrected chi connectivity index (χ3v) is 5.74. The Morgan fingerprint density at radius 3 is 1.19 bits per heavy atom. The molecule has 26 heavy (non-hydrogen) atoms. The lowest BCUT2D eigenvalue weighted by molar-refractivity contribution is -0.603. The van der Waals surface area contributed by atoms with Crippen LogP contribution in [0.25, 0.3) is 0 Å². The van der Waals surface area contributed by atoms with Crippen molar-refractivity contribution in [3.05, 3.63) is 0 Å². The van der Waals surface area contributed by atoms with Gasteiger partial charge in [-0.15, -0.1) is 0 Å². The topological polar surface area (TPSA) is 19.2 Å². The average Bonchev–Trinajstić information content (AvgIpc) is 2.43. The van der Waals surface area contributed by atoms with Gasteiger partial charge in [-0.1, -0.05) is 0 Å². The van der Waals surface area contributed by atoms with E-state index in [1.54, 1.807) is 0 Å². The smallest absolute Gasteiger partial charge is 0.356 e. The lowest BCUT2D eigenvalue weighted by Crippen LogP contribution is -3.00. The Morgan fingerprint density at radius 1 is 0.577 bits per heavy atom. The second-order valence-electron chi connectivity index (χ2n) is 10.9. The van der Waals surface area contributed by atoms with Crippen LogP contribution in [0.2, 0.25) is 0 Å². The summed E-state index contributed by atoms with van der Waals surface area (Å²) in [6.45, 7) is 27.0. The fourth-order valence-electron chi connectivity index (χ4n) is 3.76. The summed E-state index contributed by atoms with van der Waals surface area (Å²) in [5.41, 5.74) is 0.513. The first kappa shape index (κ1) is 21.7. The molecule has 0 atom stereocenters. The highest BCUT2D eigenvalue weighted by Gasteiger charge is 2.49. The molecule has 0 spiro atoms. The Bertz CT molecular complexity index is 514. The molecule has 3 aliphatic rings. The Hall–Kier alpha value is -0.560. The minimum Gasteiger partial charge on any atom is -1.00 e. The van der Waals surface area contributed by atoms with Crippen LogP contribution in [0.5, 0.6) is 0 Å². The molecule has 0 aromatic heterocycles. The molecule has 3 rings (SSSR count). The molecule has 7 heteroatoms. The maximum absolute atomic E-state index is 2.59. The summed E-state index contributed by atoms with van der Waals surface area (Å²) in [6.07, 6.45) is 0. The van der Waals surface area contributed by atoms with Crippen molar-refractivity contribution in [3.63, 3.8) is 0 Å². The van der Waals surface area contributed by atoms with Gasteiger partial charge in [0.25, 0.3) is 0 Å². The van der Waals surface area contributed by atoms with Gasteiger partial charge in [-0.3, -0.25) is 0 Å². The predicted molar refractivity (Wildman–Crippen MR) is 103 cm³/mol. The zero-order valence-electron chi connectivity index (χ0n) is 18.3. The fourth-order valence-corrected chi connectivity index (χ4v) is 3.76. The van der Waals surface area contributed by atoms with Crippen LogP contribution in [0.1, 0.15) is 62.3 Å². The van der Waals surface area contributed by atoms with Gasteiger partial charge in [-0.25, -0.2) is 29.1 Å². The standard InChI is InChI=1S/C19H39N6.ClH/c1-17(2,3)23-10-20-12-24(18(4,5)6)14-22-15-25(19(7,8)9)13-21(11-23)16(20)22;/h10-15H2,1-9H3;1H/q+1;/p-1. The molecule has 0 aromatic carbocycles. The number of guanidine groups is 1. The molecule has 1 fully saturated rings. The predicted octanol–water partition coefficient (Wildman–Crippen LogP) is -0.950. The van der Waals surface area contributed by atoms with Gasteiger partial charge in [-0.2, -0.15) is 0 Å². The zero-order chi connectivity index (χ0) is 18.8. The number of hydrogen-bond acceptors (Lipinski definition) is 5. The number of halogens is 1. The van der Waals surface area contributed by atoms with E-state index >= 15 is 0 Å². The quantitative estimate of drug-likeness (QED) is 0.498. The molecule has 1 saturated heterocycles. The Morgan fingerprint density at radius 2 is 0.885 bits per heavy atom. The first-order chi connectivity index (χ1) is 11.3. The fraction of sp³-hybridized carbons (Fsp3) is 0.947. The van der Waals surface area contributed by atoms with Gasteiger partial charge in [0.2, 0.25) is 0 Å². The molecule has 0 bridgehead atoms. The van der Waals surface area contributed by atoms with E-state index in [9.17, 15) is 0 Å². The van der Waals surface area contributed by atoms with Gasteiger partial charge in [-0.05, 0) is 62.3 Å². The molecule has 3 aliphatic heterocycles. The van der Waals surface area contributed by atoms with Crippen molar-refractivity contribution in [1.29, 1.82) is 0 Å². The van der Waals surface area contributed by atoms with Gasteiger partial charge in [0.1, 0.15) is 40.0 Å². The zero-order valence-corrected chi connectivity index (χ0v) is 19.1. The van der Waals surface area contributed by atoms with E-state index in [2.05, 4.69) is 91.4 Å². The summed E-state index contributed by atoms with van der Waals surface area (Å²) in [4.78, 5) is 12.9. The van der Waals surface area contributed by atoms with Crippen molar-refractivity contribution in [2.45, 2.75) is 78.9 Å². The minimum atomic E-state index is 0. The number of nitrogens with zero attached hydrogens (tertiary/aromatic N) is 6. The summed E-state index contributed by atoms with van der Waals surface area (Å²) in [7, 11) is 0. The van der Waals surface area contributed by atoms with E-state index in [1.165, 1.54) is 5.96 Å². The maximum Gasteiger partial charge on any atom is 0.356 e. The SMILES string of the molecule is CC(C)(C)N1CN2CN(C(C)(C)C)C[N+]3=C2N(C1)CN(C(C)(C)C)C3.[Cl-]. The van der Waals surface area contributed by atoms with E-state index < -0.39 is 0 Å². The molecule has 0 N–H and O–H groups in total. The summed E-state index contributed by atoms with van der Waals surface area (Å²) in [5.74, 6) is 1.43. The average molecular weight is 387 g/mol. The molecule has 0 aliphatic carbocycles. The molecule has 0 unspecified atom stereocenters. The van der Waals surface area contributed by atoms with Crippen LogP contribution in [0.15, 0.2) is 0 Å². The Balaban J connectivity index is 0.00000243. The molecule has 0 saturated carbocycles. The van der Waals surface area contributed by atoms with Crippen molar-refractivity contribution in [1.82, 2.24) is 24.5 Å². The Kier molecular flexibility index (Phi) is 5.68. The molecule has 152 valence electrons. The molecule has 0 radical (unpaired) electrons. The van der Waals surface area contributed by atoms with Crippen molar-refractivity contribution in [3.8, 4) is 0 Å². The van der Waals surface area contributed by atoms with Crippen molar-refractivity contribution in [2.75, 3.05) is 40.0 Å². The van der Waals surface area contributed by atoms with Gasteiger partial charge < -0.3 is 12.4 Å². The highest BCUT2D eigenvalue weighted by Crippen LogP contribution is 2.28. The second-order valence-corrected chi connectivity index (χ2v) is 10.9. The third kappa shape index (κ3) is 4.13. The molecule has 0 amide bonds. The summed E-state index contributed by atoms with van der Waals surface area (Å²) in [6, 6.07) is 0. The van der Waals surface area contributed by atoms with Crippen LogP contribution < -0.4 is 12.4 Å². The largest absolute Gasteiger partial charge is 1.00 e. The highest BCUT2D eigenvalue weighted by molar-refractivity contribution is 5.76. The number of hydrogen-bond donors (Lipinski definition) is 0. The molecular weight excluding hydrogens is 348 g/mol. The van der Waals surface area contributed by atoms with E-state index in [-0.39, 0.29) is 29.0 Å². The van der Waals surface area contributed by atoms with Crippen molar-refractivity contribution >= 4 is 5.96 Å². The summed E-state index contributed by atoms with van der Waals surface area (Å²) >= 11 is 0. The normalized spacial score (nSPS) is 23.9. The van der Waals surface area contributed by atoms with E-state index in [0.29, 0.717) is 0 Å². The van der Waals surface area contributed by atoms with Crippen LogP contribution in [0.3, 0.4) is 0 Å². The van der Waals surface area contributed by atoms with Crippen LogP contribution in [0, 0.1) is 0 Å². The minimum absolute atomic E-state index is 0. The van der Waals surface area contributed by atoms with Crippen molar-refractivity contribution in [2.24, 2.45) is 0 Å². The van der Waals surface area contributed by atoms with Gasteiger partial charge in [0.15, 0.2) is 0 Å². The Labute approximate surface area is 166 Å². The van der Waals surface area contributed by atoms with Crippen LogP contribution >= 0.6 is 0 Å². The van der Waals surface area contributed by atoms with Gasteiger partial charge in [0, 0.05) is 16.6 Å². The van der Waals surface area contributed by atoms with E-state index in [4.69, 9.17) is 0 Å². The molecule has 0 aromatic rings. The third-order valence-electron chi connectivity index (χ3n) is 5.74. The highest BCUT2D eigenvalue weighted by atomic mass is 35.5. The molecule has 3 heterocycles. The monoisotopic (exact) mass is 386 g/mol. The summed E-state index contributed by atoms with van der Waals surface area (Å²) < 4.78 is 2.57. The second kappa shape index (κ2) is 6.80. The first-order valence-corrected chi connectivity index (χ1v) is 9.64. The lowest BCUT2D eigenvalue weighted by atomic mass is 10.1. The van der Waals surface area contributed by atoms with Crippen LogP contribution in [0.4, 0.5) is 0 Å². The van der Waals surface area contributed by atoms with Crippen molar-refractivity contribution < 1.29 is 17.0 Å². The lowest BCUT2D eigenvalue weighted by Gasteiger charge is -2.54. The van der Waals surface area contributed by atoms with Crippen LogP contribution in [-0.2, 0) is 0 Å².